The number of hydrogen-bond donors (Lipinski definition) is 3. The number of piperazine rings is 1. The van der Waals surface area contributed by atoms with Crippen molar-refractivity contribution >= 4 is 11.7 Å². The molecule has 1 unspecified atom stereocenters. The van der Waals surface area contributed by atoms with E-state index in [1.165, 1.54) is 6.20 Å². The van der Waals surface area contributed by atoms with Crippen LogP contribution in [0.15, 0.2) is 11.4 Å². The van der Waals surface area contributed by atoms with Gasteiger partial charge >= 0.3 is 0 Å². The Morgan fingerprint density at radius 2 is 2.24 bits per heavy atom. The zero-order valence-corrected chi connectivity index (χ0v) is 12.1. The number of nitrogens with two attached hydrogens (primary N) is 1. The number of H-pyrrole nitrogens is 1. The lowest BCUT2D eigenvalue weighted by molar-refractivity contribution is 0.0599. The highest BCUT2D eigenvalue weighted by atomic mass is 16.4. The molecule has 1 aliphatic heterocycles. The fourth-order valence-corrected chi connectivity index (χ4v) is 2.56. The summed E-state index contributed by atoms with van der Waals surface area (Å²) >= 11 is 0. The molecule has 1 aliphatic rings. The van der Waals surface area contributed by atoms with Gasteiger partial charge in [-0.3, -0.25) is 9.69 Å². The second-order valence-corrected chi connectivity index (χ2v) is 5.01. The molecule has 1 amide bonds. The maximum atomic E-state index is 12.1. The second-order valence-electron chi connectivity index (χ2n) is 5.01. The number of hydrogen-bond acceptors (Lipinski definition) is 6. The van der Waals surface area contributed by atoms with E-state index in [1.54, 1.807) is 4.90 Å². The van der Waals surface area contributed by atoms with Crippen molar-refractivity contribution in [2.24, 2.45) is 10.9 Å². The molecule has 0 radical (unpaired) electrons. The van der Waals surface area contributed by atoms with Crippen LogP contribution in [-0.2, 0) is 0 Å². The maximum absolute atomic E-state index is 12.1. The third kappa shape index (κ3) is 3.48. The molecule has 0 saturated carbocycles. The van der Waals surface area contributed by atoms with Gasteiger partial charge in [0.05, 0.1) is 12.2 Å². The molecule has 4 N–H and O–H groups in total. The molecule has 2 rings (SSSR count). The zero-order chi connectivity index (χ0) is 15.2. The Kier molecular flexibility index (Phi) is 5.09. The number of carbonyl (C=O) groups is 1. The van der Waals surface area contributed by atoms with E-state index in [9.17, 15) is 4.79 Å². The number of nitrogens with zero attached hydrogens (tertiary/aromatic N) is 5. The summed E-state index contributed by atoms with van der Waals surface area (Å²) in [4.78, 5) is 16.0. The molecule has 1 saturated heterocycles. The van der Waals surface area contributed by atoms with Crippen molar-refractivity contribution < 1.29 is 10.0 Å². The lowest BCUT2D eigenvalue weighted by Gasteiger charge is -2.38. The van der Waals surface area contributed by atoms with Gasteiger partial charge in [-0.2, -0.15) is 15.4 Å². The summed E-state index contributed by atoms with van der Waals surface area (Å²) in [6.45, 7) is 4.60. The summed E-state index contributed by atoms with van der Waals surface area (Å²) in [5.74, 6) is 0.104. The van der Waals surface area contributed by atoms with Crippen LogP contribution in [0, 0.1) is 0 Å². The highest BCUT2D eigenvalue weighted by Crippen LogP contribution is 2.13. The van der Waals surface area contributed by atoms with Crippen molar-refractivity contribution in [1.29, 1.82) is 0 Å². The molecule has 1 aromatic rings. The van der Waals surface area contributed by atoms with Crippen LogP contribution in [0.5, 0.6) is 0 Å². The molecule has 2 heterocycles. The van der Waals surface area contributed by atoms with Gasteiger partial charge < -0.3 is 15.8 Å². The van der Waals surface area contributed by atoms with Gasteiger partial charge in [-0.25, -0.2) is 0 Å². The standard InChI is InChI=1S/C12H21N7O2/c1-2-3-10(11(13)16-21)18-4-6-19(7-5-18)12(20)9-8-14-17-15-9/h8,10,21H,2-7H2,1H3,(H2,13,16)(H,14,15,17). The van der Waals surface area contributed by atoms with Crippen molar-refractivity contribution in [3.8, 4) is 0 Å². The lowest BCUT2D eigenvalue weighted by Crippen LogP contribution is -2.55. The van der Waals surface area contributed by atoms with E-state index in [1.807, 2.05) is 0 Å². The van der Waals surface area contributed by atoms with Crippen molar-refractivity contribution in [3.05, 3.63) is 11.9 Å². The Morgan fingerprint density at radius 1 is 1.52 bits per heavy atom. The number of rotatable bonds is 5. The van der Waals surface area contributed by atoms with Gasteiger partial charge in [-0.1, -0.05) is 18.5 Å². The number of carbonyl (C=O) groups excluding carboxylic acids is 1. The molecule has 0 aromatic carbocycles. The van der Waals surface area contributed by atoms with Gasteiger partial charge in [-0.05, 0) is 6.42 Å². The summed E-state index contributed by atoms with van der Waals surface area (Å²) in [5, 5.41) is 21.9. The Bertz CT molecular complexity index is 480. The first kappa shape index (κ1) is 15.2. The first-order valence-corrected chi connectivity index (χ1v) is 7.03. The number of amides is 1. The first-order valence-electron chi connectivity index (χ1n) is 7.03. The third-order valence-electron chi connectivity index (χ3n) is 3.70. The van der Waals surface area contributed by atoms with Gasteiger partial charge in [0.15, 0.2) is 11.5 Å². The number of nitrogens with one attached hydrogen (secondary N) is 1. The Hall–Kier alpha value is -2.16. The van der Waals surface area contributed by atoms with E-state index < -0.39 is 0 Å². The van der Waals surface area contributed by atoms with Crippen LogP contribution >= 0.6 is 0 Å². The van der Waals surface area contributed by atoms with E-state index >= 15 is 0 Å². The highest BCUT2D eigenvalue weighted by Gasteiger charge is 2.29. The SMILES string of the molecule is CCCC(C(N)=NO)N1CCN(C(=O)c2cn[nH]n2)CC1. The summed E-state index contributed by atoms with van der Waals surface area (Å²) in [5.41, 5.74) is 6.09. The van der Waals surface area contributed by atoms with Gasteiger partial charge in [0, 0.05) is 26.2 Å². The van der Waals surface area contributed by atoms with Crippen molar-refractivity contribution in [2.45, 2.75) is 25.8 Å². The van der Waals surface area contributed by atoms with Crippen LogP contribution in [0.25, 0.3) is 0 Å². The number of aromatic nitrogens is 3. The van der Waals surface area contributed by atoms with Gasteiger partial charge in [0.25, 0.3) is 5.91 Å². The van der Waals surface area contributed by atoms with Crippen LogP contribution in [-0.4, -0.2) is 74.4 Å². The normalized spacial score (nSPS) is 18.7. The Balaban J connectivity index is 1.94. The molecule has 1 aromatic heterocycles. The smallest absolute Gasteiger partial charge is 0.276 e. The van der Waals surface area contributed by atoms with Gasteiger partial charge in [0.2, 0.25) is 0 Å². The van der Waals surface area contributed by atoms with Crippen LogP contribution < -0.4 is 5.73 Å². The third-order valence-corrected chi connectivity index (χ3v) is 3.70. The Morgan fingerprint density at radius 3 is 2.76 bits per heavy atom. The molecular formula is C12H21N7O2. The highest BCUT2D eigenvalue weighted by molar-refractivity contribution is 5.92. The molecule has 1 fully saturated rings. The van der Waals surface area contributed by atoms with Gasteiger partial charge in [0.1, 0.15) is 0 Å². The van der Waals surface area contributed by atoms with Crippen LogP contribution in [0.3, 0.4) is 0 Å². The molecule has 21 heavy (non-hydrogen) atoms. The number of amidine groups is 1. The average Bonchev–Trinajstić information content (AvgIpc) is 3.06. The minimum absolute atomic E-state index is 0.0793. The van der Waals surface area contributed by atoms with Crippen molar-refractivity contribution in [1.82, 2.24) is 25.2 Å². The molecule has 9 heteroatoms. The van der Waals surface area contributed by atoms with Crippen LogP contribution in [0.1, 0.15) is 30.3 Å². The summed E-state index contributed by atoms with van der Waals surface area (Å²) in [7, 11) is 0. The van der Waals surface area contributed by atoms with Crippen molar-refractivity contribution in [2.75, 3.05) is 26.2 Å². The van der Waals surface area contributed by atoms with E-state index in [2.05, 4.69) is 32.4 Å². The zero-order valence-electron chi connectivity index (χ0n) is 12.1. The minimum atomic E-state index is -0.126. The molecule has 116 valence electrons. The van der Waals surface area contributed by atoms with E-state index in [0.717, 1.165) is 12.8 Å². The summed E-state index contributed by atoms with van der Waals surface area (Å²) in [6.07, 6.45) is 3.19. The molecule has 9 nitrogen and oxygen atoms in total. The monoisotopic (exact) mass is 295 g/mol. The topological polar surface area (TPSA) is 124 Å². The van der Waals surface area contributed by atoms with E-state index in [-0.39, 0.29) is 17.8 Å². The average molecular weight is 295 g/mol. The van der Waals surface area contributed by atoms with Gasteiger partial charge in [-0.15, -0.1) is 0 Å². The molecular weight excluding hydrogens is 274 g/mol. The summed E-state index contributed by atoms with van der Waals surface area (Å²) in [6, 6.07) is -0.0793. The predicted octanol–water partition coefficient (Wildman–Crippen LogP) is -0.522. The first-order chi connectivity index (χ1) is 10.2. The fourth-order valence-electron chi connectivity index (χ4n) is 2.56. The molecule has 0 aliphatic carbocycles. The largest absolute Gasteiger partial charge is 0.409 e. The fraction of sp³-hybridized carbons (Fsp3) is 0.667. The quantitative estimate of drug-likeness (QED) is 0.290. The predicted molar refractivity (Wildman–Crippen MR) is 76.0 cm³/mol. The van der Waals surface area contributed by atoms with E-state index in [4.69, 9.17) is 10.9 Å². The van der Waals surface area contributed by atoms with Crippen LogP contribution in [0.2, 0.25) is 0 Å². The molecule has 0 bridgehead atoms. The second kappa shape index (κ2) is 7.02. The maximum Gasteiger partial charge on any atom is 0.276 e. The molecule has 0 spiro atoms. The Labute approximate surface area is 122 Å². The van der Waals surface area contributed by atoms with Crippen LogP contribution in [0.4, 0.5) is 0 Å². The number of oxime groups is 1. The lowest BCUT2D eigenvalue weighted by atomic mass is 10.1. The minimum Gasteiger partial charge on any atom is -0.409 e. The molecule has 1 atom stereocenters. The van der Waals surface area contributed by atoms with E-state index in [0.29, 0.717) is 31.9 Å². The summed E-state index contributed by atoms with van der Waals surface area (Å²) < 4.78 is 0. The number of aromatic amines is 1. The van der Waals surface area contributed by atoms with Crippen molar-refractivity contribution in [3.63, 3.8) is 0 Å².